The molecule has 0 unspecified atom stereocenters. The summed E-state index contributed by atoms with van der Waals surface area (Å²) in [5.41, 5.74) is 17.2. The van der Waals surface area contributed by atoms with Crippen molar-refractivity contribution in [3.63, 3.8) is 0 Å². The van der Waals surface area contributed by atoms with E-state index in [-0.39, 0.29) is 0 Å². The number of aliphatic imine (C=N–C) groups is 1. The van der Waals surface area contributed by atoms with E-state index in [1.54, 1.807) is 0 Å². The van der Waals surface area contributed by atoms with Crippen LogP contribution in [-0.4, -0.2) is 5.71 Å². The maximum Gasteiger partial charge on any atom is 0.0633 e. The highest BCUT2D eigenvalue weighted by Gasteiger charge is 2.28. The standard InChI is InChI=1S/C44H39N/c1-30-41(32(3)45-31(2)33-14-7-4-8-15-33)20-13-21-42(30)43-25-24-37(29-44(43)36-22-23-36)40-27-38(34-16-9-5-10-17-34)26-39(28-40)35-18-11-6-12-19-35/h4-11,13-18,20-21,24-29,36H,2,12,19,22-23H2,1,3H3. The van der Waals surface area contributed by atoms with E-state index in [1.807, 2.05) is 18.2 Å². The summed E-state index contributed by atoms with van der Waals surface area (Å²) in [6, 6.07) is 41.9. The number of hydrogen-bond acceptors (Lipinski definition) is 1. The van der Waals surface area contributed by atoms with Gasteiger partial charge in [0.2, 0.25) is 0 Å². The van der Waals surface area contributed by atoms with Crippen molar-refractivity contribution in [3.05, 3.63) is 168 Å². The van der Waals surface area contributed by atoms with Gasteiger partial charge in [-0.1, -0.05) is 122 Å². The van der Waals surface area contributed by atoms with Gasteiger partial charge in [-0.05, 0) is 130 Å². The third-order valence-corrected chi connectivity index (χ3v) is 9.25. The first-order valence-corrected chi connectivity index (χ1v) is 16.2. The summed E-state index contributed by atoms with van der Waals surface area (Å²) < 4.78 is 0. The van der Waals surface area contributed by atoms with Crippen LogP contribution in [0, 0.1) is 6.92 Å². The maximum absolute atomic E-state index is 4.93. The Morgan fingerprint density at radius 3 is 2.11 bits per heavy atom. The van der Waals surface area contributed by atoms with Crippen LogP contribution in [0.25, 0.3) is 44.7 Å². The minimum absolute atomic E-state index is 0.610. The SMILES string of the molecule is C=C(N=C(C)c1cccc(-c2ccc(-c3cc(C4=CC=CCC4)cc(-c4ccccc4)c3)cc2C2CC2)c1C)c1ccccc1. The Labute approximate surface area is 268 Å². The lowest BCUT2D eigenvalue weighted by molar-refractivity contribution is 1.05. The minimum Gasteiger partial charge on any atom is -0.253 e. The largest absolute Gasteiger partial charge is 0.253 e. The molecule has 0 atom stereocenters. The average Bonchev–Trinajstić information content (AvgIpc) is 3.95. The fourth-order valence-electron chi connectivity index (χ4n) is 6.62. The first-order valence-electron chi connectivity index (χ1n) is 16.2. The predicted octanol–water partition coefficient (Wildman–Crippen LogP) is 12.1. The molecule has 0 spiro atoms. The number of nitrogens with zero attached hydrogens (tertiary/aromatic N) is 1. The van der Waals surface area contributed by atoms with E-state index >= 15 is 0 Å². The lowest BCUT2D eigenvalue weighted by Crippen LogP contribution is -2.01. The molecule has 2 aliphatic carbocycles. The molecule has 1 fully saturated rings. The van der Waals surface area contributed by atoms with Gasteiger partial charge in [0.15, 0.2) is 0 Å². The molecule has 0 aromatic heterocycles. The molecular weight excluding hydrogens is 542 g/mol. The van der Waals surface area contributed by atoms with Crippen molar-refractivity contribution in [2.24, 2.45) is 4.99 Å². The number of rotatable bonds is 8. The Morgan fingerprint density at radius 2 is 1.40 bits per heavy atom. The van der Waals surface area contributed by atoms with Gasteiger partial charge in [-0.3, -0.25) is 4.99 Å². The zero-order valence-electron chi connectivity index (χ0n) is 26.3. The molecule has 0 radical (unpaired) electrons. The van der Waals surface area contributed by atoms with Crippen LogP contribution in [0.4, 0.5) is 0 Å². The van der Waals surface area contributed by atoms with E-state index in [0.29, 0.717) is 5.92 Å². The maximum atomic E-state index is 4.93. The molecule has 220 valence electrons. The van der Waals surface area contributed by atoms with Gasteiger partial charge >= 0.3 is 0 Å². The molecule has 7 rings (SSSR count). The molecule has 0 aliphatic heterocycles. The summed E-state index contributed by atoms with van der Waals surface area (Å²) in [4.78, 5) is 4.93. The van der Waals surface area contributed by atoms with Crippen LogP contribution in [0.1, 0.15) is 66.3 Å². The molecule has 2 aliphatic rings. The van der Waals surface area contributed by atoms with Crippen LogP contribution >= 0.6 is 0 Å². The van der Waals surface area contributed by atoms with Crippen molar-refractivity contribution < 1.29 is 0 Å². The second-order valence-electron chi connectivity index (χ2n) is 12.4. The third kappa shape index (κ3) is 6.17. The van der Waals surface area contributed by atoms with Gasteiger partial charge in [0, 0.05) is 5.71 Å². The van der Waals surface area contributed by atoms with Crippen LogP contribution in [0.3, 0.4) is 0 Å². The second-order valence-corrected chi connectivity index (χ2v) is 12.4. The first kappa shape index (κ1) is 28.7. The highest BCUT2D eigenvalue weighted by atomic mass is 14.8. The summed E-state index contributed by atoms with van der Waals surface area (Å²) in [6.45, 7) is 8.59. The monoisotopic (exact) mass is 581 g/mol. The summed E-state index contributed by atoms with van der Waals surface area (Å²) in [5, 5.41) is 0. The van der Waals surface area contributed by atoms with Crippen LogP contribution in [0.5, 0.6) is 0 Å². The molecule has 0 N–H and O–H groups in total. The predicted molar refractivity (Wildman–Crippen MR) is 193 cm³/mol. The van der Waals surface area contributed by atoms with Gasteiger partial charge in [-0.25, -0.2) is 0 Å². The van der Waals surface area contributed by atoms with Crippen molar-refractivity contribution in [1.82, 2.24) is 0 Å². The highest BCUT2D eigenvalue weighted by Crippen LogP contribution is 2.47. The Balaban J connectivity index is 1.29. The fraction of sp³-hybridized carbons (Fsp3) is 0.159. The summed E-state index contributed by atoms with van der Waals surface area (Å²) in [6.07, 6.45) is 11.4. The van der Waals surface area contributed by atoms with E-state index in [4.69, 9.17) is 4.99 Å². The summed E-state index contributed by atoms with van der Waals surface area (Å²) >= 11 is 0. The van der Waals surface area contributed by atoms with Crippen LogP contribution in [0.2, 0.25) is 0 Å². The quantitative estimate of drug-likeness (QED) is 0.162. The smallest absolute Gasteiger partial charge is 0.0633 e. The van der Waals surface area contributed by atoms with Crippen molar-refractivity contribution in [3.8, 4) is 33.4 Å². The van der Waals surface area contributed by atoms with Crippen molar-refractivity contribution in [2.75, 3.05) is 0 Å². The topological polar surface area (TPSA) is 12.4 Å². The number of hydrogen-bond donors (Lipinski definition) is 0. The molecule has 1 nitrogen and oxygen atoms in total. The normalized spacial score (nSPS) is 14.7. The molecule has 0 amide bonds. The Hall–Kier alpha value is -5.01. The third-order valence-electron chi connectivity index (χ3n) is 9.25. The molecule has 5 aromatic carbocycles. The molecule has 0 bridgehead atoms. The van der Waals surface area contributed by atoms with Crippen molar-refractivity contribution in [2.45, 2.75) is 45.4 Å². The van der Waals surface area contributed by atoms with Gasteiger partial charge in [0.25, 0.3) is 0 Å². The highest BCUT2D eigenvalue weighted by molar-refractivity contribution is 6.04. The van der Waals surface area contributed by atoms with Crippen LogP contribution in [0.15, 0.2) is 145 Å². The average molecular weight is 582 g/mol. The van der Waals surface area contributed by atoms with Gasteiger partial charge in [0.1, 0.15) is 0 Å². The van der Waals surface area contributed by atoms with E-state index in [0.717, 1.165) is 29.8 Å². The lowest BCUT2D eigenvalue weighted by Gasteiger charge is -2.18. The zero-order valence-corrected chi connectivity index (χ0v) is 26.3. The Bertz CT molecular complexity index is 1970. The van der Waals surface area contributed by atoms with E-state index in [2.05, 4.69) is 136 Å². The van der Waals surface area contributed by atoms with Crippen LogP contribution in [-0.2, 0) is 0 Å². The fourth-order valence-corrected chi connectivity index (χ4v) is 6.62. The zero-order chi connectivity index (χ0) is 30.8. The second kappa shape index (κ2) is 12.5. The van der Waals surface area contributed by atoms with Gasteiger partial charge < -0.3 is 0 Å². The van der Waals surface area contributed by atoms with Gasteiger partial charge in [0.05, 0.1) is 5.70 Å². The number of allylic oxidation sites excluding steroid dienone is 4. The summed E-state index contributed by atoms with van der Waals surface area (Å²) in [5.74, 6) is 0.610. The molecule has 0 saturated heterocycles. The molecule has 0 heterocycles. The van der Waals surface area contributed by atoms with E-state index in [9.17, 15) is 0 Å². The first-order chi connectivity index (χ1) is 22.0. The number of benzene rings is 5. The lowest BCUT2D eigenvalue weighted by atomic mass is 9.87. The van der Waals surface area contributed by atoms with E-state index < -0.39 is 0 Å². The molecule has 1 saturated carbocycles. The van der Waals surface area contributed by atoms with Crippen molar-refractivity contribution in [1.29, 1.82) is 0 Å². The minimum atomic E-state index is 0.610. The van der Waals surface area contributed by atoms with Gasteiger partial charge in [-0.2, -0.15) is 0 Å². The Kier molecular flexibility index (Phi) is 8.01. The molecule has 5 aromatic rings. The molecule has 45 heavy (non-hydrogen) atoms. The van der Waals surface area contributed by atoms with Gasteiger partial charge in [-0.15, -0.1) is 0 Å². The molecular formula is C44H39N. The van der Waals surface area contributed by atoms with E-state index in [1.165, 1.54) is 74.0 Å². The van der Waals surface area contributed by atoms with Crippen molar-refractivity contribution >= 4 is 17.0 Å². The molecule has 1 heteroatoms. The van der Waals surface area contributed by atoms with Crippen LogP contribution < -0.4 is 0 Å². The summed E-state index contributed by atoms with van der Waals surface area (Å²) in [7, 11) is 0. The Morgan fingerprint density at radius 1 is 0.689 bits per heavy atom.